The summed E-state index contributed by atoms with van der Waals surface area (Å²) in [6, 6.07) is -0.366. The highest BCUT2D eigenvalue weighted by molar-refractivity contribution is 5.80. The van der Waals surface area contributed by atoms with E-state index in [2.05, 4.69) is 12.2 Å². The number of nitrogens with one attached hydrogen (secondary N) is 1. The van der Waals surface area contributed by atoms with E-state index in [0.29, 0.717) is 12.5 Å². The van der Waals surface area contributed by atoms with Gasteiger partial charge in [0.15, 0.2) is 0 Å². The third kappa shape index (κ3) is 3.02. The van der Waals surface area contributed by atoms with Crippen LogP contribution in [0.1, 0.15) is 32.6 Å². The molecule has 1 amide bonds. The molecule has 0 aromatic carbocycles. The molecular formula is C13H21NO4. The molecule has 5 nitrogen and oxygen atoms in total. The average Bonchev–Trinajstić information content (AvgIpc) is 2.78. The molecule has 2 rings (SSSR count). The van der Waals surface area contributed by atoms with Crippen molar-refractivity contribution >= 4 is 11.9 Å². The number of aliphatic carboxylic acids is 1. The minimum absolute atomic E-state index is 0.00338. The summed E-state index contributed by atoms with van der Waals surface area (Å²) in [7, 11) is 0. The zero-order valence-corrected chi connectivity index (χ0v) is 10.7. The van der Waals surface area contributed by atoms with E-state index >= 15 is 0 Å². The van der Waals surface area contributed by atoms with Gasteiger partial charge in [-0.15, -0.1) is 0 Å². The van der Waals surface area contributed by atoms with Crippen molar-refractivity contribution in [3.63, 3.8) is 0 Å². The normalized spacial score (nSPS) is 36.3. The van der Waals surface area contributed by atoms with Crippen molar-refractivity contribution in [2.75, 3.05) is 13.2 Å². The van der Waals surface area contributed by atoms with Crippen molar-refractivity contribution in [1.29, 1.82) is 0 Å². The number of hydrogen-bond acceptors (Lipinski definition) is 3. The summed E-state index contributed by atoms with van der Waals surface area (Å²) in [5.74, 6) is -0.734. The van der Waals surface area contributed by atoms with Gasteiger partial charge in [-0.3, -0.25) is 9.59 Å². The van der Waals surface area contributed by atoms with Crippen molar-refractivity contribution in [1.82, 2.24) is 5.32 Å². The average molecular weight is 255 g/mol. The highest BCUT2D eigenvalue weighted by atomic mass is 16.5. The Balaban J connectivity index is 1.85. The summed E-state index contributed by atoms with van der Waals surface area (Å²) < 4.78 is 5.14. The Morgan fingerprint density at radius 3 is 2.44 bits per heavy atom. The van der Waals surface area contributed by atoms with Crippen LogP contribution in [0, 0.1) is 17.8 Å². The second-order valence-corrected chi connectivity index (χ2v) is 5.55. The molecular weight excluding hydrogens is 234 g/mol. The number of carbonyl (C=O) groups excluding carboxylic acids is 1. The molecule has 5 heteroatoms. The van der Waals surface area contributed by atoms with E-state index < -0.39 is 11.9 Å². The third-order valence-corrected chi connectivity index (χ3v) is 4.11. The predicted octanol–water partition coefficient (Wildman–Crippen LogP) is 1.03. The van der Waals surface area contributed by atoms with Gasteiger partial charge in [-0.2, -0.15) is 0 Å². The molecule has 0 aromatic rings. The van der Waals surface area contributed by atoms with Crippen LogP contribution in [0.15, 0.2) is 0 Å². The van der Waals surface area contributed by atoms with Gasteiger partial charge in [0.2, 0.25) is 5.91 Å². The number of ether oxygens (including phenoxy) is 1. The number of carboxylic acids is 1. The summed E-state index contributed by atoms with van der Waals surface area (Å²) in [4.78, 5) is 23.1. The SMILES string of the molecule is CC1CCC(C(=O)NC2COCC2C(=O)O)CC1. The van der Waals surface area contributed by atoms with Crippen LogP contribution in [-0.2, 0) is 14.3 Å². The monoisotopic (exact) mass is 255 g/mol. The van der Waals surface area contributed by atoms with E-state index in [9.17, 15) is 9.59 Å². The Morgan fingerprint density at radius 1 is 1.17 bits per heavy atom. The summed E-state index contributed by atoms with van der Waals surface area (Å²) in [6.45, 7) is 2.72. The molecule has 0 bridgehead atoms. The predicted molar refractivity (Wildman–Crippen MR) is 65.0 cm³/mol. The molecule has 1 saturated heterocycles. The second kappa shape index (κ2) is 5.69. The lowest BCUT2D eigenvalue weighted by Gasteiger charge is -2.27. The van der Waals surface area contributed by atoms with Crippen LogP contribution in [0.2, 0.25) is 0 Å². The first kappa shape index (κ1) is 13.3. The lowest BCUT2D eigenvalue weighted by atomic mass is 9.82. The van der Waals surface area contributed by atoms with E-state index in [4.69, 9.17) is 9.84 Å². The number of carboxylic acid groups (broad SMARTS) is 1. The zero-order valence-electron chi connectivity index (χ0n) is 10.7. The zero-order chi connectivity index (χ0) is 13.1. The lowest BCUT2D eigenvalue weighted by Crippen LogP contribution is -2.45. The van der Waals surface area contributed by atoms with Crippen LogP contribution in [0.4, 0.5) is 0 Å². The van der Waals surface area contributed by atoms with Gasteiger partial charge in [0.1, 0.15) is 5.92 Å². The van der Waals surface area contributed by atoms with Gasteiger partial charge in [-0.1, -0.05) is 6.92 Å². The van der Waals surface area contributed by atoms with Crippen molar-refractivity contribution in [3.8, 4) is 0 Å². The molecule has 2 N–H and O–H groups in total. The van der Waals surface area contributed by atoms with Crippen molar-refractivity contribution in [3.05, 3.63) is 0 Å². The van der Waals surface area contributed by atoms with Crippen LogP contribution in [0.5, 0.6) is 0 Å². The van der Waals surface area contributed by atoms with Crippen molar-refractivity contribution < 1.29 is 19.4 Å². The van der Waals surface area contributed by atoms with Crippen LogP contribution in [0.3, 0.4) is 0 Å². The summed E-state index contributed by atoms with van der Waals surface area (Å²) >= 11 is 0. The standard InChI is InChI=1S/C13H21NO4/c1-8-2-4-9(5-3-8)12(15)14-11-7-18-6-10(11)13(16)17/h8-11H,2-7H2,1H3,(H,14,15)(H,16,17). The number of amides is 1. The lowest BCUT2D eigenvalue weighted by molar-refractivity contribution is -0.142. The molecule has 0 aromatic heterocycles. The number of carbonyl (C=O) groups is 2. The largest absolute Gasteiger partial charge is 0.481 e. The van der Waals surface area contributed by atoms with Crippen LogP contribution >= 0.6 is 0 Å². The first-order chi connectivity index (χ1) is 8.58. The van der Waals surface area contributed by atoms with Gasteiger partial charge in [-0.05, 0) is 31.6 Å². The molecule has 0 spiro atoms. The summed E-state index contributed by atoms with van der Waals surface area (Å²) in [5.41, 5.74) is 0. The molecule has 18 heavy (non-hydrogen) atoms. The summed E-state index contributed by atoms with van der Waals surface area (Å²) in [5, 5.41) is 11.9. The Bertz CT molecular complexity index is 323. The smallest absolute Gasteiger partial charge is 0.311 e. The number of rotatable bonds is 3. The molecule has 0 radical (unpaired) electrons. The summed E-state index contributed by atoms with van der Waals surface area (Å²) in [6.07, 6.45) is 4.00. The Kier molecular flexibility index (Phi) is 4.22. The van der Waals surface area contributed by atoms with Crippen LogP contribution in [0.25, 0.3) is 0 Å². The fraction of sp³-hybridized carbons (Fsp3) is 0.846. The topological polar surface area (TPSA) is 75.6 Å². The van der Waals surface area contributed by atoms with Gasteiger partial charge in [-0.25, -0.2) is 0 Å². The van der Waals surface area contributed by atoms with E-state index in [1.165, 1.54) is 0 Å². The Labute approximate surface area is 107 Å². The van der Waals surface area contributed by atoms with Crippen molar-refractivity contribution in [2.45, 2.75) is 38.6 Å². The highest BCUT2D eigenvalue weighted by Gasteiger charge is 2.36. The van der Waals surface area contributed by atoms with E-state index in [-0.39, 0.29) is 24.5 Å². The van der Waals surface area contributed by atoms with Gasteiger partial charge in [0.05, 0.1) is 19.3 Å². The van der Waals surface area contributed by atoms with Crippen molar-refractivity contribution in [2.24, 2.45) is 17.8 Å². The van der Waals surface area contributed by atoms with Gasteiger partial charge < -0.3 is 15.2 Å². The molecule has 1 heterocycles. The van der Waals surface area contributed by atoms with E-state index in [1.54, 1.807) is 0 Å². The van der Waals surface area contributed by atoms with E-state index in [0.717, 1.165) is 25.7 Å². The van der Waals surface area contributed by atoms with Gasteiger partial charge in [0, 0.05) is 5.92 Å². The molecule has 1 aliphatic carbocycles. The molecule has 1 aliphatic heterocycles. The first-order valence-corrected chi connectivity index (χ1v) is 6.69. The first-order valence-electron chi connectivity index (χ1n) is 6.69. The second-order valence-electron chi connectivity index (χ2n) is 5.55. The molecule has 2 atom stereocenters. The maximum atomic E-state index is 12.1. The Hall–Kier alpha value is -1.10. The Morgan fingerprint density at radius 2 is 1.83 bits per heavy atom. The molecule has 102 valence electrons. The maximum absolute atomic E-state index is 12.1. The molecule has 2 fully saturated rings. The van der Waals surface area contributed by atoms with E-state index in [1.807, 2.05) is 0 Å². The molecule has 1 saturated carbocycles. The minimum Gasteiger partial charge on any atom is -0.481 e. The minimum atomic E-state index is -0.893. The van der Waals surface area contributed by atoms with Crippen LogP contribution in [-0.4, -0.2) is 36.2 Å². The van der Waals surface area contributed by atoms with Gasteiger partial charge in [0.25, 0.3) is 0 Å². The molecule has 2 unspecified atom stereocenters. The maximum Gasteiger partial charge on any atom is 0.311 e. The van der Waals surface area contributed by atoms with Gasteiger partial charge >= 0.3 is 5.97 Å². The fourth-order valence-electron chi connectivity index (χ4n) is 2.76. The quantitative estimate of drug-likeness (QED) is 0.789. The van der Waals surface area contributed by atoms with Crippen LogP contribution < -0.4 is 5.32 Å². The molecule has 2 aliphatic rings. The number of hydrogen-bond donors (Lipinski definition) is 2. The highest BCUT2D eigenvalue weighted by Crippen LogP contribution is 2.28. The fourth-order valence-corrected chi connectivity index (χ4v) is 2.76. The third-order valence-electron chi connectivity index (χ3n) is 4.11.